The summed E-state index contributed by atoms with van der Waals surface area (Å²) in [6, 6.07) is 4.49. The molecule has 0 amide bonds. The zero-order chi connectivity index (χ0) is 10.2. The number of rotatable bonds is 3. The molecule has 2 rings (SSSR count). The molecule has 2 N–H and O–H groups in total. The summed E-state index contributed by atoms with van der Waals surface area (Å²) < 4.78 is 18.3. The number of hydrogen-bond acceptors (Lipinski definition) is 2. The van der Waals surface area contributed by atoms with E-state index in [0.717, 1.165) is 12.8 Å². The molecule has 1 aromatic carbocycles. The average Bonchev–Trinajstić information content (AvgIpc) is 2.88. The van der Waals surface area contributed by atoms with Gasteiger partial charge >= 0.3 is 0 Å². The van der Waals surface area contributed by atoms with Crippen molar-refractivity contribution < 1.29 is 9.13 Å². The van der Waals surface area contributed by atoms with Crippen LogP contribution in [0.2, 0.25) is 5.02 Å². The smallest absolute Gasteiger partial charge is 0.145 e. The molecule has 0 atom stereocenters. The lowest BCUT2D eigenvalue weighted by atomic mass is 10.3. The van der Waals surface area contributed by atoms with Crippen molar-refractivity contribution in [3.63, 3.8) is 0 Å². The van der Waals surface area contributed by atoms with Gasteiger partial charge in [0.25, 0.3) is 0 Å². The number of benzene rings is 1. The first-order valence-corrected chi connectivity index (χ1v) is 4.84. The second-order valence-corrected chi connectivity index (χ2v) is 4.08. The van der Waals surface area contributed by atoms with E-state index in [1.807, 2.05) is 0 Å². The summed E-state index contributed by atoms with van der Waals surface area (Å²) in [5, 5.41) is 0.0248. The van der Waals surface area contributed by atoms with Crippen molar-refractivity contribution in [2.75, 3.05) is 6.61 Å². The average molecular weight is 216 g/mol. The lowest BCUT2D eigenvalue weighted by Crippen LogP contribution is -2.29. The van der Waals surface area contributed by atoms with Gasteiger partial charge in [-0.2, -0.15) is 0 Å². The van der Waals surface area contributed by atoms with Crippen LogP contribution in [0.25, 0.3) is 0 Å². The molecule has 1 fully saturated rings. The van der Waals surface area contributed by atoms with Gasteiger partial charge in [-0.1, -0.05) is 17.7 Å². The van der Waals surface area contributed by atoms with Gasteiger partial charge < -0.3 is 10.5 Å². The number of halogens is 2. The first kappa shape index (κ1) is 9.74. The van der Waals surface area contributed by atoms with Crippen molar-refractivity contribution in [3.8, 4) is 5.75 Å². The molecule has 1 saturated carbocycles. The molecule has 0 bridgehead atoms. The molecule has 0 saturated heterocycles. The third-order valence-corrected chi connectivity index (χ3v) is 2.69. The van der Waals surface area contributed by atoms with Gasteiger partial charge in [0.2, 0.25) is 0 Å². The van der Waals surface area contributed by atoms with Gasteiger partial charge in [-0.25, -0.2) is 4.39 Å². The quantitative estimate of drug-likeness (QED) is 0.840. The molecule has 76 valence electrons. The van der Waals surface area contributed by atoms with Crippen LogP contribution in [-0.2, 0) is 0 Å². The van der Waals surface area contributed by atoms with Crippen LogP contribution < -0.4 is 10.5 Å². The zero-order valence-electron chi connectivity index (χ0n) is 7.59. The molecule has 2 nitrogen and oxygen atoms in total. The summed E-state index contributed by atoms with van der Waals surface area (Å²) in [5.41, 5.74) is 5.61. The van der Waals surface area contributed by atoms with E-state index in [9.17, 15) is 4.39 Å². The fourth-order valence-corrected chi connectivity index (χ4v) is 1.30. The summed E-state index contributed by atoms with van der Waals surface area (Å²) in [5.74, 6) is -0.102. The standard InChI is InChI=1S/C10H11ClFNO/c11-9-7(12)2-1-3-8(9)14-6-10(13)4-5-10/h1-3H,4-6,13H2. The van der Waals surface area contributed by atoms with Gasteiger partial charge in [-0.15, -0.1) is 0 Å². The summed E-state index contributed by atoms with van der Waals surface area (Å²) in [6.45, 7) is 0.399. The van der Waals surface area contributed by atoms with Crippen LogP contribution in [0.4, 0.5) is 4.39 Å². The molecule has 4 heteroatoms. The van der Waals surface area contributed by atoms with E-state index in [2.05, 4.69) is 0 Å². The Labute approximate surface area is 86.8 Å². The summed E-state index contributed by atoms with van der Waals surface area (Å²) >= 11 is 5.70. The highest BCUT2D eigenvalue weighted by Crippen LogP contribution is 2.34. The first-order valence-electron chi connectivity index (χ1n) is 4.46. The van der Waals surface area contributed by atoms with E-state index in [4.69, 9.17) is 22.1 Å². The molecule has 0 spiro atoms. The largest absolute Gasteiger partial charge is 0.490 e. The normalized spacial score (nSPS) is 17.9. The van der Waals surface area contributed by atoms with Gasteiger partial charge in [-0.05, 0) is 25.0 Å². The third-order valence-electron chi connectivity index (χ3n) is 2.32. The van der Waals surface area contributed by atoms with E-state index < -0.39 is 5.82 Å². The fourth-order valence-electron chi connectivity index (χ4n) is 1.12. The third kappa shape index (κ3) is 1.99. The van der Waals surface area contributed by atoms with Crippen molar-refractivity contribution in [2.24, 2.45) is 5.73 Å². The molecule has 14 heavy (non-hydrogen) atoms. The summed E-state index contributed by atoms with van der Waals surface area (Å²) in [4.78, 5) is 0. The lowest BCUT2D eigenvalue weighted by Gasteiger charge is -2.12. The predicted molar refractivity (Wildman–Crippen MR) is 53.1 cm³/mol. The van der Waals surface area contributed by atoms with Crippen molar-refractivity contribution in [1.82, 2.24) is 0 Å². The van der Waals surface area contributed by atoms with E-state index in [1.54, 1.807) is 12.1 Å². The van der Waals surface area contributed by atoms with Crippen LogP contribution in [0.15, 0.2) is 18.2 Å². The van der Waals surface area contributed by atoms with Gasteiger partial charge in [0.05, 0.1) is 5.54 Å². The molecule has 1 aliphatic rings. The van der Waals surface area contributed by atoms with Crippen LogP contribution in [0.1, 0.15) is 12.8 Å². The minimum Gasteiger partial charge on any atom is -0.490 e. The number of hydrogen-bond donors (Lipinski definition) is 1. The van der Waals surface area contributed by atoms with Crippen molar-refractivity contribution >= 4 is 11.6 Å². The van der Waals surface area contributed by atoms with Crippen LogP contribution in [0.5, 0.6) is 5.75 Å². The first-order chi connectivity index (χ1) is 6.61. The van der Waals surface area contributed by atoms with Gasteiger partial charge in [0.1, 0.15) is 23.2 Å². The SMILES string of the molecule is NC1(COc2cccc(F)c2Cl)CC1. The Morgan fingerprint density at radius 2 is 2.21 bits per heavy atom. The van der Waals surface area contributed by atoms with Crippen LogP contribution in [0.3, 0.4) is 0 Å². The molecule has 0 unspecified atom stereocenters. The Balaban J connectivity index is 2.05. The summed E-state index contributed by atoms with van der Waals surface area (Å²) in [6.07, 6.45) is 1.92. The molecular formula is C10H11ClFNO. The van der Waals surface area contributed by atoms with Crippen molar-refractivity contribution in [3.05, 3.63) is 29.0 Å². The van der Waals surface area contributed by atoms with Crippen LogP contribution in [-0.4, -0.2) is 12.1 Å². The van der Waals surface area contributed by atoms with E-state index in [1.165, 1.54) is 6.07 Å². The second-order valence-electron chi connectivity index (χ2n) is 3.70. The minimum atomic E-state index is -0.467. The fraction of sp³-hybridized carbons (Fsp3) is 0.400. The Morgan fingerprint density at radius 3 is 2.86 bits per heavy atom. The Hall–Kier alpha value is -0.800. The van der Waals surface area contributed by atoms with E-state index in [-0.39, 0.29) is 10.6 Å². The molecule has 1 aromatic rings. The molecular weight excluding hydrogens is 205 g/mol. The van der Waals surface area contributed by atoms with Crippen LogP contribution in [0, 0.1) is 5.82 Å². The molecule has 0 heterocycles. The molecule has 1 aliphatic carbocycles. The Bertz CT molecular complexity index is 352. The Morgan fingerprint density at radius 1 is 1.50 bits per heavy atom. The lowest BCUT2D eigenvalue weighted by molar-refractivity contribution is 0.278. The Kier molecular flexibility index (Phi) is 2.37. The minimum absolute atomic E-state index is 0.0248. The highest BCUT2D eigenvalue weighted by molar-refractivity contribution is 6.32. The van der Waals surface area contributed by atoms with E-state index in [0.29, 0.717) is 12.4 Å². The maximum absolute atomic E-state index is 13.0. The topological polar surface area (TPSA) is 35.2 Å². The van der Waals surface area contributed by atoms with Crippen molar-refractivity contribution in [2.45, 2.75) is 18.4 Å². The number of ether oxygens (including phenoxy) is 1. The van der Waals surface area contributed by atoms with E-state index >= 15 is 0 Å². The monoisotopic (exact) mass is 215 g/mol. The predicted octanol–water partition coefficient (Wildman–Crippen LogP) is 2.35. The van der Waals surface area contributed by atoms with Crippen molar-refractivity contribution in [1.29, 1.82) is 0 Å². The molecule has 0 radical (unpaired) electrons. The second kappa shape index (κ2) is 3.41. The summed E-state index contributed by atoms with van der Waals surface area (Å²) in [7, 11) is 0. The molecule has 0 aliphatic heterocycles. The van der Waals surface area contributed by atoms with Gasteiger partial charge in [0.15, 0.2) is 0 Å². The zero-order valence-corrected chi connectivity index (χ0v) is 8.35. The highest BCUT2D eigenvalue weighted by Gasteiger charge is 2.39. The van der Waals surface area contributed by atoms with Gasteiger partial charge in [0, 0.05) is 0 Å². The molecule has 0 aromatic heterocycles. The van der Waals surface area contributed by atoms with Gasteiger partial charge in [-0.3, -0.25) is 0 Å². The van der Waals surface area contributed by atoms with Crippen LogP contribution >= 0.6 is 11.6 Å². The maximum atomic E-state index is 13.0. The number of nitrogens with two attached hydrogens (primary N) is 1. The highest BCUT2D eigenvalue weighted by atomic mass is 35.5. The maximum Gasteiger partial charge on any atom is 0.145 e.